The standard InChI is InChI=1S/C19H21FN4O2S2/c1-2-24-18(16-5-3-11-26-16)22-23-19(24)28-13-17(25)21-10-4-12-27-15-8-6-14(20)7-9-15/h3,5-9,11H,2,4,10,12-13H2,1H3,(H,21,25). The van der Waals surface area contributed by atoms with Crippen LogP contribution < -0.4 is 5.32 Å². The van der Waals surface area contributed by atoms with Gasteiger partial charge in [0.05, 0.1) is 12.0 Å². The Morgan fingerprint density at radius 2 is 2.04 bits per heavy atom. The van der Waals surface area contributed by atoms with Gasteiger partial charge >= 0.3 is 0 Å². The van der Waals surface area contributed by atoms with E-state index < -0.39 is 0 Å². The molecular formula is C19H21FN4O2S2. The number of aromatic nitrogens is 3. The molecule has 0 fully saturated rings. The molecule has 9 heteroatoms. The van der Waals surface area contributed by atoms with E-state index in [4.69, 9.17) is 4.42 Å². The fraction of sp³-hybridized carbons (Fsp3) is 0.316. The molecular weight excluding hydrogens is 399 g/mol. The minimum atomic E-state index is -0.232. The molecule has 0 atom stereocenters. The Morgan fingerprint density at radius 3 is 2.75 bits per heavy atom. The average Bonchev–Trinajstić information content (AvgIpc) is 3.36. The summed E-state index contributed by atoms with van der Waals surface area (Å²) in [7, 11) is 0. The summed E-state index contributed by atoms with van der Waals surface area (Å²) in [6.07, 6.45) is 2.44. The summed E-state index contributed by atoms with van der Waals surface area (Å²) < 4.78 is 20.2. The zero-order chi connectivity index (χ0) is 19.8. The molecule has 0 bridgehead atoms. The van der Waals surface area contributed by atoms with Crippen LogP contribution in [0.25, 0.3) is 11.6 Å². The van der Waals surface area contributed by atoms with Gasteiger partial charge in [-0.3, -0.25) is 9.36 Å². The van der Waals surface area contributed by atoms with Crippen molar-refractivity contribution in [2.75, 3.05) is 18.1 Å². The highest BCUT2D eigenvalue weighted by Gasteiger charge is 2.16. The normalized spacial score (nSPS) is 10.9. The Hall–Kier alpha value is -2.26. The maximum absolute atomic E-state index is 12.9. The van der Waals surface area contributed by atoms with Crippen molar-refractivity contribution in [3.63, 3.8) is 0 Å². The maximum Gasteiger partial charge on any atom is 0.230 e. The van der Waals surface area contributed by atoms with Gasteiger partial charge in [0.2, 0.25) is 5.91 Å². The molecule has 148 valence electrons. The molecule has 0 unspecified atom stereocenters. The summed E-state index contributed by atoms with van der Waals surface area (Å²) in [5.41, 5.74) is 0. The van der Waals surface area contributed by atoms with Crippen molar-refractivity contribution in [1.29, 1.82) is 0 Å². The lowest BCUT2D eigenvalue weighted by atomic mass is 10.4. The van der Waals surface area contributed by atoms with Crippen LogP contribution in [-0.2, 0) is 11.3 Å². The van der Waals surface area contributed by atoms with Crippen LogP contribution in [-0.4, -0.2) is 38.7 Å². The number of furan rings is 1. The average molecular weight is 421 g/mol. The Morgan fingerprint density at radius 1 is 1.21 bits per heavy atom. The number of amides is 1. The third-order valence-corrected chi connectivity index (χ3v) is 5.90. The van der Waals surface area contributed by atoms with Crippen molar-refractivity contribution in [2.24, 2.45) is 0 Å². The monoisotopic (exact) mass is 420 g/mol. The molecule has 3 aromatic rings. The molecule has 0 spiro atoms. The van der Waals surface area contributed by atoms with Crippen molar-refractivity contribution in [1.82, 2.24) is 20.1 Å². The molecule has 0 aliphatic rings. The van der Waals surface area contributed by atoms with Crippen molar-refractivity contribution < 1.29 is 13.6 Å². The third-order valence-electron chi connectivity index (χ3n) is 3.83. The van der Waals surface area contributed by atoms with Crippen LogP contribution in [0.2, 0.25) is 0 Å². The molecule has 0 aliphatic heterocycles. The van der Waals surface area contributed by atoms with Crippen molar-refractivity contribution in [2.45, 2.75) is 29.9 Å². The predicted molar refractivity (Wildman–Crippen MR) is 109 cm³/mol. The highest BCUT2D eigenvalue weighted by Crippen LogP contribution is 2.24. The number of benzene rings is 1. The lowest BCUT2D eigenvalue weighted by Gasteiger charge is -2.07. The number of hydrogen-bond donors (Lipinski definition) is 1. The smallest absolute Gasteiger partial charge is 0.230 e. The van der Waals surface area contributed by atoms with Crippen LogP contribution >= 0.6 is 23.5 Å². The third kappa shape index (κ3) is 5.62. The lowest BCUT2D eigenvalue weighted by molar-refractivity contribution is -0.118. The largest absolute Gasteiger partial charge is 0.461 e. The Labute approximate surface area is 171 Å². The molecule has 0 aliphatic carbocycles. The number of carbonyl (C=O) groups is 1. The number of hydrogen-bond acceptors (Lipinski definition) is 6. The zero-order valence-electron chi connectivity index (χ0n) is 15.4. The molecule has 0 saturated carbocycles. The second-order valence-electron chi connectivity index (χ2n) is 5.82. The first kappa shape index (κ1) is 20.5. The molecule has 3 rings (SSSR count). The van der Waals surface area contributed by atoms with Gasteiger partial charge in [0, 0.05) is 18.0 Å². The van der Waals surface area contributed by atoms with Gasteiger partial charge < -0.3 is 9.73 Å². The number of nitrogens with zero attached hydrogens (tertiary/aromatic N) is 3. The summed E-state index contributed by atoms with van der Waals surface area (Å²) >= 11 is 3.00. The van der Waals surface area contributed by atoms with Gasteiger partial charge in [-0.2, -0.15) is 0 Å². The molecule has 2 heterocycles. The number of nitrogens with one attached hydrogen (secondary N) is 1. The molecule has 0 radical (unpaired) electrons. The number of rotatable bonds is 10. The van der Waals surface area contributed by atoms with E-state index in [0.29, 0.717) is 29.8 Å². The van der Waals surface area contributed by atoms with Gasteiger partial charge in [-0.15, -0.1) is 22.0 Å². The van der Waals surface area contributed by atoms with Gasteiger partial charge in [-0.25, -0.2) is 4.39 Å². The summed E-state index contributed by atoms with van der Waals surface area (Å²) in [6.45, 7) is 3.29. The van der Waals surface area contributed by atoms with Gasteiger partial charge in [0.25, 0.3) is 0 Å². The SMILES string of the molecule is CCn1c(SCC(=O)NCCCSc2ccc(F)cc2)nnc1-c1ccco1. The number of carbonyl (C=O) groups excluding carboxylic acids is 1. The second kappa shape index (κ2) is 10.3. The molecule has 1 amide bonds. The fourth-order valence-corrected chi connectivity index (χ4v) is 4.16. The van der Waals surface area contributed by atoms with Gasteiger partial charge in [-0.05, 0) is 55.5 Å². The first-order chi connectivity index (χ1) is 13.7. The van der Waals surface area contributed by atoms with Crippen molar-refractivity contribution in [3.8, 4) is 11.6 Å². The minimum absolute atomic E-state index is 0.0398. The van der Waals surface area contributed by atoms with Crippen LogP contribution in [0.4, 0.5) is 4.39 Å². The Bertz CT molecular complexity index is 882. The van der Waals surface area contributed by atoms with E-state index in [9.17, 15) is 9.18 Å². The summed E-state index contributed by atoms with van der Waals surface area (Å²) in [5.74, 6) is 2.18. The minimum Gasteiger partial charge on any atom is -0.461 e. The van der Waals surface area contributed by atoms with E-state index >= 15 is 0 Å². The first-order valence-electron chi connectivity index (χ1n) is 8.92. The van der Waals surface area contributed by atoms with Gasteiger partial charge in [-0.1, -0.05) is 11.8 Å². The number of thioether (sulfide) groups is 2. The van der Waals surface area contributed by atoms with Crippen LogP contribution in [0.1, 0.15) is 13.3 Å². The van der Waals surface area contributed by atoms with Crippen LogP contribution in [0.3, 0.4) is 0 Å². The second-order valence-corrected chi connectivity index (χ2v) is 7.93. The summed E-state index contributed by atoms with van der Waals surface area (Å²) in [6, 6.07) is 10.1. The quantitative estimate of drug-likeness (QED) is 0.393. The molecule has 0 saturated heterocycles. The lowest BCUT2D eigenvalue weighted by Crippen LogP contribution is -2.26. The highest BCUT2D eigenvalue weighted by atomic mass is 32.2. The van der Waals surface area contributed by atoms with Crippen molar-refractivity contribution in [3.05, 3.63) is 48.5 Å². The van der Waals surface area contributed by atoms with E-state index in [-0.39, 0.29) is 17.5 Å². The molecule has 28 heavy (non-hydrogen) atoms. The molecule has 6 nitrogen and oxygen atoms in total. The fourth-order valence-electron chi connectivity index (χ4n) is 2.47. The van der Waals surface area contributed by atoms with Crippen molar-refractivity contribution >= 4 is 29.4 Å². The van der Waals surface area contributed by atoms with E-state index in [1.54, 1.807) is 36.2 Å². The van der Waals surface area contributed by atoms with Crippen LogP contribution in [0.15, 0.2) is 57.1 Å². The summed E-state index contributed by atoms with van der Waals surface area (Å²) in [4.78, 5) is 13.1. The van der Waals surface area contributed by atoms with E-state index in [1.807, 2.05) is 17.6 Å². The van der Waals surface area contributed by atoms with Crippen LogP contribution in [0, 0.1) is 5.82 Å². The van der Waals surface area contributed by atoms with Gasteiger partial charge in [0.1, 0.15) is 5.82 Å². The van der Waals surface area contributed by atoms with E-state index in [0.717, 1.165) is 17.1 Å². The molecule has 2 aromatic heterocycles. The highest BCUT2D eigenvalue weighted by molar-refractivity contribution is 7.99. The molecule has 1 N–H and O–H groups in total. The van der Waals surface area contributed by atoms with E-state index in [2.05, 4.69) is 15.5 Å². The topological polar surface area (TPSA) is 73.0 Å². The predicted octanol–water partition coefficient (Wildman–Crippen LogP) is 4.09. The first-order valence-corrected chi connectivity index (χ1v) is 10.9. The Kier molecular flexibility index (Phi) is 7.55. The van der Waals surface area contributed by atoms with Gasteiger partial charge in [0.15, 0.2) is 16.7 Å². The maximum atomic E-state index is 12.9. The van der Waals surface area contributed by atoms with E-state index in [1.165, 1.54) is 23.9 Å². The summed E-state index contributed by atoms with van der Waals surface area (Å²) in [5, 5.41) is 11.9. The zero-order valence-corrected chi connectivity index (χ0v) is 17.1. The Balaban J connectivity index is 1.38. The van der Waals surface area contributed by atoms with Crippen LogP contribution in [0.5, 0.6) is 0 Å². The molecule has 1 aromatic carbocycles. The number of halogens is 1.